The lowest BCUT2D eigenvalue weighted by molar-refractivity contribution is -0.137. The molecular weight excluding hydrogens is 277 g/mol. The number of hydrogen-bond acceptors (Lipinski definition) is 4. The van der Waals surface area contributed by atoms with Gasteiger partial charge in [0.25, 0.3) is 0 Å². The second-order valence-electron chi connectivity index (χ2n) is 3.99. The highest BCUT2D eigenvalue weighted by Gasteiger charge is 2.27. The highest BCUT2D eigenvalue weighted by Crippen LogP contribution is 2.16. The van der Waals surface area contributed by atoms with E-state index in [1.807, 2.05) is 0 Å². The van der Waals surface area contributed by atoms with E-state index in [0.717, 1.165) is 24.3 Å². The minimum absolute atomic E-state index is 0.226. The smallest absolute Gasteiger partial charge is 0.318 e. The number of carboxylic acids is 1. The van der Waals surface area contributed by atoms with Gasteiger partial charge in [-0.3, -0.25) is 4.79 Å². The number of sulfonamides is 1. The molecule has 106 valence electrons. The summed E-state index contributed by atoms with van der Waals surface area (Å²) >= 11 is 0. The summed E-state index contributed by atoms with van der Waals surface area (Å²) in [7, 11) is -4.08. The molecule has 6 nitrogen and oxygen atoms in total. The maximum atomic E-state index is 12.8. The molecule has 8 heteroatoms. The Labute approximate surface area is 110 Å². The van der Waals surface area contributed by atoms with E-state index in [1.54, 1.807) is 0 Å². The maximum Gasteiger partial charge on any atom is 0.318 e. The molecule has 1 aromatic carbocycles. The minimum Gasteiger partial charge on any atom is -0.480 e. The molecule has 0 bridgehead atoms. The monoisotopic (exact) mass is 291 g/mol. The van der Waals surface area contributed by atoms with Crippen molar-refractivity contribution < 1.29 is 27.8 Å². The molecule has 1 aromatic rings. The number of aliphatic hydroxyl groups is 1. The molecule has 0 aliphatic rings. The zero-order chi connectivity index (χ0) is 14.6. The summed E-state index contributed by atoms with van der Waals surface area (Å²) in [6, 6.07) is 4.02. The first-order chi connectivity index (χ1) is 8.73. The summed E-state index contributed by atoms with van der Waals surface area (Å²) in [4.78, 5) is 10.4. The average molecular weight is 291 g/mol. The molecule has 1 rings (SSSR count). The molecule has 0 radical (unpaired) electrons. The van der Waals surface area contributed by atoms with Gasteiger partial charge in [0.2, 0.25) is 10.0 Å². The van der Waals surface area contributed by atoms with Crippen molar-refractivity contribution in [2.24, 2.45) is 0 Å². The van der Waals surface area contributed by atoms with E-state index in [0.29, 0.717) is 4.31 Å². The van der Waals surface area contributed by atoms with Gasteiger partial charge in [-0.2, -0.15) is 4.31 Å². The Morgan fingerprint density at radius 1 is 1.37 bits per heavy atom. The van der Waals surface area contributed by atoms with Crippen LogP contribution >= 0.6 is 0 Å². The molecule has 0 spiro atoms. The van der Waals surface area contributed by atoms with Crippen molar-refractivity contribution in [2.75, 3.05) is 13.1 Å². The van der Waals surface area contributed by atoms with Crippen LogP contribution < -0.4 is 0 Å². The van der Waals surface area contributed by atoms with Crippen molar-refractivity contribution in [3.05, 3.63) is 30.1 Å². The van der Waals surface area contributed by atoms with Crippen LogP contribution in [0.15, 0.2) is 29.2 Å². The molecule has 0 saturated heterocycles. The topological polar surface area (TPSA) is 94.9 Å². The molecule has 0 aromatic heterocycles. The van der Waals surface area contributed by atoms with E-state index in [4.69, 9.17) is 5.11 Å². The van der Waals surface area contributed by atoms with Gasteiger partial charge < -0.3 is 10.2 Å². The van der Waals surface area contributed by atoms with Crippen molar-refractivity contribution in [3.8, 4) is 0 Å². The molecule has 1 atom stereocenters. The van der Waals surface area contributed by atoms with Crippen molar-refractivity contribution >= 4 is 16.0 Å². The Bertz CT molecular complexity index is 541. The first kappa shape index (κ1) is 15.5. The fourth-order valence-electron chi connectivity index (χ4n) is 1.45. The molecule has 0 aliphatic carbocycles. The molecular formula is C11H14FNO5S. The van der Waals surface area contributed by atoms with Gasteiger partial charge in [-0.15, -0.1) is 0 Å². The summed E-state index contributed by atoms with van der Waals surface area (Å²) in [5, 5.41) is 17.9. The van der Waals surface area contributed by atoms with Gasteiger partial charge in [-0.05, 0) is 31.2 Å². The summed E-state index contributed by atoms with van der Waals surface area (Å²) < 4.78 is 37.7. The van der Waals surface area contributed by atoms with Crippen LogP contribution in [0.3, 0.4) is 0 Å². The van der Waals surface area contributed by atoms with Gasteiger partial charge in [-0.25, -0.2) is 12.8 Å². The van der Waals surface area contributed by atoms with E-state index in [9.17, 15) is 22.7 Å². The van der Waals surface area contributed by atoms with Crippen LogP contribution in [-0.4, -0.2) is 48.1 Å². The van der Waals surface area contributed by atoms with Crippen molar-refractivity contribution in [3.63, 3.8) is 0 Å². The standard InChI is InChI=1S/C11H14FNO5S/c1-8(14)6-13(7-11(15)16)19(17,18)10-4-2-9(12)3-5-10/h2-5,8,14H,6-7H2,1H3,(H,15,16)/t8-/m1/s1. The Balaban J connectivity index is 3.11. The first-order valence-electron chi connectivity index (χ1n) is 5.39. The van der Waals surface area contributed by atoms with Crippen molar-refractivity contribution in [1.82, 2.24) is 4.31 Å². The average Bonchev–Trinajstić information content (AvgIpc) is 2.27. The van der Waals surface area contributed by atoms with Crippen LogP contribution in [0, 0.1) is 5.82 Å². The fourth-order valence-corrected chi connectivity index (χ4v) is 2.92. The zero-order valence-corrected chi connectivity index (χ0v) is 11.0. The number of rotatable bonds is 6. The SMILES string of the molecule is C[C@@H](O)CN(CC(=O)O)S(=O)(=O)c1ccc(F)cc1. The van der Waals surface area contributed by atoms with Gasteiger partial charge in [0, 0.05) is 6.54 Å². The Morgan fingerprint density at radius 2 is 1.89 bits per heavy atom. The van der Waals surface area contributed by atoms with Gasteiger partial charge in [0.1, 0.15) is 12.4 Å². The first-order valence-corrected chi connectivity index (χ1v) is 6.83. The second kappa shape index (κ2) is 6.09. The van der Waals surface area contributed by atoms with Crippen LogP contribution in [0.2, 0.25) is 0 Å². The fraction of sp³-hybridized carbons (Fsp3) is 0.364. The van der Waals surface area contributed by atoms with E-state index in [-0.39, 0.29) is 11.4 Å². The summed E-state index contributed by atoms with van der Waals surface area (Å²) in [6.45, 7) is 0.214. The number of hydrogen-bond donors (Lipinski definition) is 2. The summed E-state index contributed by atoms with van der Waals surface area (Å²) in [5.41, 5.74) is 0. The molecule has 0 saturated carbocycles. The zero-order valence-electron chi connectivity index (χ0n) is 10.2. The lowest BCUT2D eigenvalue weighted by Gasteiger charge is -2.21. The van der Waals surface area contributed by atoms with Crippen molar-refractivity contribution in [2.45, 2.75) is 17.9 Å². The van der Waals surface area contributed by atoms with E-state index in [2.05, 4.69) is 0 Å². The predicted octanol–water partition coefficient (Wildman–Crippen LogP) is 0.282. The number of carboxylic acid groups (broad SMARTS) is 1. The van der Waals surface area contributed by atoms with Crippen molar-refractivity contribution in [1.29, 1.82) is 0 Å². The molecule has 0 heterocycles. The molecule has 0 aliphatic heterocycles. The molecule has 0 fully saturated rings. The molecule has 0 amide bonds. The normalized spacial score (nSPS) is 13.5. The quantitative estimate of drug-likeness (QED) is 0.785. The van der Waals surface area contributed by atoms with Crippen LogP contribution in [0.1, 0.15) is 6.92 Å². The van der Waals surface area contributed by atoms with Gasteiger partial charge in [-0.1, -0.05) is 0 Å². The van der Waals surface area contributed by atoms with E-state index in [1.165, 1.54) is 6.92 Å². The third kappa shape index (κ3) is 4.27. The molecule has 19 heavy (non-hydrogen) atoms. The Kier molecular flexibility index (Phi) is 4.98. The van der Waals surface area contributed by atoms with E-state index < -0.39 is 34.5 Å². The van der Waals surface area contributed by atoms with Gasteiger partial charge in [0.15, 0.2) is 0 Å². The van der Waals surface area contributed by atoms with Crippen LogP contribution in [0.25, 0.3) is 0 Å². The number of benzene rings is 1. The second-order valence-corrected chi connectivity index (χ2v) is 5.93. The maximum absolute atomic E-state index is 12.8. The van der Waals surface area contributed by atoms with Crippen LogP contribution in [0.4, 0.5) is 4.39 Å². The van der Waals surface area contributed by atoms with Gasteiger partial charge in [0.05, 0.1) is 11.0 Å². The third-order valence-electron chi connectivity index (χ3n) is 2.23. The highest BCUT2D eigenvalue weighted by molar-refractivity contribution is 7.89. The third-order valence-corrected chi connectivity index (χ3v) is 4.06. The molecule has 0 unspecified atom stereocenters. The van der Waals surface area contributed by atoms with Gasteiger partial charge >= 0.3 is 5.97 Å². The number of aliphatic hydroxyl groups excluding tert-OH is 1. The summed E-state index contributed by atoms with van der Waals surface area (Å²) in [6.07, 6.45) is -1.02. The summed E-state index contributed by atoms with van der Waals surface area (Å²) in [5.74, 6) is -1.94. The number of carbonyl (C=O) groups is 1. The lowest BCUT2D eigenvalue weighted by Crippen LogP contribution is -2.40. The van der Waals surface area contributed by atoms with Crippen LogP contribution in [-0.2, 0) is 14.8 Å². The largest absolute Gasteiger partial charge is 0.480 e. The number of halogens is 1. The number of aliphatic carboxylic acids is 1. The highest BCUT2D eigenvalue weighted by atomic mass is 32.2. The minimum atomic E-state index is -4.08. The Hall–Kier alpha value is -1.51. The number of nitrogens with zero attached hydrogens (tertiary/aromatic N) is 1. The molecule has 2 N–H and O–H groups in total. The van der Waals surface area contributed by atoms with E-state index >= 15 is 0 Å². The predicted molar refractivity (Wildman–Crippen MR) is 64.5 cm³/mol. The Morgan fingerprint density at radius 3 is 2.32 bits per heavy atom. The van der Waals surface area contributed by atoms with Crippen LogP contribution in [0.5, 0.6) is 0 Å². The lowest BCUT2D eigenvalue weighted by atomic mass is 10.4.